The van der Waals surface area contributed by atoms with Crippen LogP contribution in [0.2, 0.25) is 0 Å². The summed E-state index contributed by atoms with van der Waals surface area (Å²) in [4.78, 5) is 28.1. The first-order valence-corrected chi connectivity index (χ1v) is 14.7. The number of nitrogens with zero attached hydrogens (tertiary/aromatic N) is 7. The number of hydrogen-bond donors (Lipinski definition) is 1. The summed E-state index contributed by atoms with van der Waals surface area (Å²) >= 11 is 9.13. The summed E-state index contributed by atoms with van der Waals surface area (Å²) in [5.74, 6) is -0.963. The van der Waals surface area contributed by atoms with Crippen molar-refractivity contribution in [2.24, 2.45) is 0 Å². The maximum Gasteiger partial charge on any atom is 2.00 e. The SMILES string of the molecule is O=C(O)c1ccnc(-c2ccccn2)c1.[N-]=C=S.[N-]=C=S.[Ru+2].c1ccc(-c2nccc3c4ccccc4n(-c4cccs4)c23)nc1. The number of aromatic carboxylic acids is 1. The van der Waals surface area contributed by atoms with Gasteiger partial charge in [-0.1, -0.05) is 54.8 Å². The number of thiophene rings is 1. The largest absolute Gasteiger partial charge is 2.00 e. The van der Waals surface area contributed by atoms with Crippen molar-refractivity contribution in [2.45, 2.75) is 0 Å². The van der Waals surface area contributed by atoms with Crippen LogP contribution in [-0.2, 0) is 19.5 Å². The molecule has 6 aromatic heterocycles. The molecule has 13 heteroatoms. The van der Waals surface area contributed by atoms with E-state index >= 15 is 0 Å². The normalized spacial score (nSPS) is 9.48. The van der Waals surface area contributed by atoms with E-state index in [2.05, 4.69) is 96.8 Å². The number of fused-ring (bicyclic) bond motifs is 3. The van der Waals surface area contributed by atoms with Crippen LogP contribution in [0.3, 0.4) is 0 Å². The predicted octanol–water partition coefficient (Wildman–Crippen LogP) is 8.46. The first kappa shape index (κ1) is 35.5. The van der Waals surface area contributed by atoms with Gasteiger partial charge in [0, 0.05) is 35.6 Å². The number of rotatable bonds is 4. The molecule has 0 bridgehead atoms. The molecule has 6 heterocycles. The van der Waals surface area contributed by atoms with Gasteiger partial charge in [-0.05, 0) is 66.0 Å². The molecule has 0 radical (unpaired) electrons. The van der Waals surface area contributed by atoms with Crippen LogP contribution in [0.5, 0.6) is 0 Å². The van der Waals surface area contributed by atoms with Gasteiger partial charge in [-0.2, -0.15) is 10.3 Å². The van der Waals surface area contributed by atoms with E-state index in [4.69, 9.17) is 15.9 Å². The molecule has 7 aromatic rings. The molecule has 0 saturated carbocycles. The van der Waals surface area contributed by atoms with E-state index in [0.29, 0.717) is 11.4 Å². The van der Waals surface area contributed by atoms with Gasteiger partial charge >= 0.3 is 25.4 Å². The molecule has 1 N–H and O–H groups in total. The second-order valence-electron chi connectivity index (χ2n) is 8.71. The summed E-state index contributed by atoms with van der Waals surface area (Å²) < 4.78 is 2.30. The smallest absolute Gasteiger partial charge is 0.753 e. The fraction of sp³-hybridized carbons (Fsp3) is 0. The van der Waals surface area contributed by atoms with E-state index in [0.717, 1.165) is 16.9 Å². The molecule has 0 aliphatic rings. The molecular formula is C33H21N7O2RuS3. The van der Waals surface area contributed by atoms with Crippen molar-refractivity contribution < 1.29 is 29.4 Å². The van der Waals surface area contributed by atoms with Gasteiger partial charge in [0.1, 0.15) is 10.7 Å². The molecule has 0 amide bonds. The maximum absolute atomic E-state index is 10.7. The van der Waals surface area contributed by atoms with Crippen molar-refractivity contribution in [3.63, 3.8) is 0 Å². The summed E-state index contributed by atoms with van der Waals surface area (Å²) in [5, 5.41) is 31.5. The molecule has 7 rings (SSSR count). The average Bonchev–Trinajstić information content (AvgIpc) is 3.73. The van der Waals surface area contributed by atoms with Crippen molar-refractivity contribution >= 4 is 73.9 Å². The quantitative estimate of drug-likeness (QED) is 0.108. The number of hydrogen-bond acceptors (Lipinski definition) is 8. The van der Waals surface area contributed by atoms with Crippen molar-refractivity contribution in [2.75, 3.05) is 0 Å². The number of benzene rings is 1. The van der Waals surface area contributed by atoms with Gasteiger partial charge in [0.15, 0.2) is 0 Å². The summed E-state index contributed by atoms with van der Waals surface area (Å²) in [7, 11) is 0. The Labute approximate surface area is 291 Å². The number of carboxylic acids is 1. The van der Waals surface area contributed by atoms with E-state index < -0.39 is 5.97 Å². The van der Waals surface area contributed by atoms with Gasteiger partial charge in [-0.15, -0.1) is 11.3 Å². The Morgan fingerprint density at radius 3 is 1.93 bits per heavy atom. The summed E-state index contributed by atoms with van der Waals surface area (Å²) in [5.41, 5.74) is 5.56. The van der Waals surface area contributed by atoms with Gasteiger partial charge in [0.05, 0.1) is 33.7 Å². The summed E-state index contributed by atoms with van der Waals surface area (Å²) in [6.07, 6.45) is 6.80. The Morgan fingerprint density at radius 2 is 1.33 bits per heavy atom. The number of carboxylic acid groups (broad SMARTS) is 1. The predicted molar refractivity (Wildman–Crippen MR) is 186 cm³/mol. The van der Waals surface area contributed by atoms with Gasteiger partial charge < -0.3 is 15.9 Å². The third-order valence-corrected chi connectivity index (χ3v) is 7.00. The molecule has 0 spiro atoms. The second kappa shape index (κ2) is 18.1. The van der Waals surface area contributed by atoms with Crippen LogP contribution in [-0.4, -0.2) is 45.9 Å². The standard InChI is InChI=1S/C20H13N3S.C11H8N2O2.2CNS.Ru/c1-2-8-17-14(6-1)15-10-12-22-19(16-7-3-4-11-21-16)20(15)23(17)18-9-5-13-24-18;14-11(15)8-4-6-13-10(7-8)9-3-1-2-5-12-9;2*2-1-3;/h1-13H;1-7H,(H,14,15);;;/q;;2*-1;+2. The zero-order chi connectivity index (χ0) is 32.0. The number of pyridine rings is 4. The molecule has 0 saturated heterocycles. The zero-order valence-electron chi connectivity index (χ0n) is 23.6. The minimum absolute atomic E-state index is 0. The first-order chi connectivity index (χ1) is 22.0. The summed E-state index contributed by atoms with van der Waals surface area (Å²) in [6, 6.07) is 29.1. The van der Waals surface area contributed by atoms with Gasteiger partial charge in [-0.3, -0.25) is 24.5 Å². The number of para-hydroxylation sites is 1. The van der Waals surface area contributed by atoms with Crippen LogP contribution in [0.15, 0.2) is 121 Å². The van der Waals surface area contributed by atoms with Crippen molar-refractivity contribution in [3.05, 3.63) is 138 Å². The maximum atomic E-state index is 10.7. The molecule has 226 valence electrons. The Morgan fingerprint density at radius 1 is 0.717 bits per heavy atom. The minimum atomic E-state index is -0.963. The number of aromatic nitrogens is 5. The number of isothiocyanates is 2. The number of thiocarbonyl (C=S) groups is 2. The van der Waals surface area contributed by atoms with Crippen molar-refractivity contribution in [1.82, 2.24) is 24.5 Å². The van der Waals surface area contributed by atoms with Crippen molar-refractivity contribution in [3.8, 4) is 27.8 Å². The first-order valence-electron chi connectivity index (χ1n) is 13.0. The average molecular weight is 745 g/mol. The fourth-order valence-electron chi connectivity index (χ4n) is 4.45. The molecule has 0 aliphatic heterocycles. The van der Waals surface area contributed by atoms with Crippen LogP contribution >= 0.6 is 35.8 Å². The van der Waals surface area contributed by atoms with E-state index in [-0.39, 0.29) is 25.0 Å². The van der Waals surface area contributed by atoms with E-state index in [1.807, 2.05) is 36.7 Å². The van der Waals surface area contributed by atoms with Gasteiger partial charge in [-0.25, -0.2) is 4.79 Å². The second-order valence-corrected chi connectivity index (χ2v) is 10.00. The molecule has 9 nitrogen and oxygen atoms in total. The van der Waals surface area contributed by atoms with Crippen LogP contribution in [0.1, 0.15) is 10.4 Å². The Balaban J connectivity index is 0.000000226. The van der Waals surface area contributed by atoms with Crippen LogP contribution in [0.25, 0.3) is 60.4 Å². The Hall–Kier alpha value is -4.99. The fourth-order valence-corrected chi connectivity index (χ4v) is 5.20. The van der Waals surface area contributed by atoms with Crippen LogP contribution in [0.4, 0.5) is 0 Å². The van der Waals surface area contributed by atoms with Gasteiger partial charge in [0.2, 0.25) is 0 Å². The van der Waals surface area contributed by atoms with E-state index in [9.17, 15) is 4.79 Å². The molecule has 46 heavy (non-hydrogen) atoms. The zero-order valence-corrected chi connectivity index (χ0v) is 27.8. The van der Waals surface area contributed by atoms with E-state index in [1.54, 1.807) is 29.7 Å². The minimum Gasteiger partial charge on any atom is -0.753 e. The third-order valence-electron chi connectivity index (χ3n) is 6.15. The molecule has 0 aliphatic carbocycles. The van der Waals surface area contributed by atoms with Crippen molar-refractivity contribution in [1.29, 1.82) is 0 Å². The monoisotopic (exact) mass is 745 g/mol. The summed E-state index contributed by atoms with van der Waals surface area (Å²) in [6.45, 7) is 0. The van der Waals surface area contributed by atoms with Gasteiger partial charge in [0.25, 0.3) is 0 Å². The third kappa shape index (κ3) is 8.59. The Bertz CT molecular complexity index is 2080. The molecule has 0 fully saturated rings. The van der Waals surface area contributed by atoms with E-state index in [1.165, 1.54) is 49.9 Å². The Kier molecular flexibility index (Phi) is 14.0. The molecule has 1 aromatic carbocycles. The molecule has 0 atom stereocenters. The van der Waals surface area contributed by atoms with Crippen LogP contribution in [0, 0.1) is 0 Å². The number of carbonyl (C=O) groups is 1. The topological polar surface area (TPSA) is 138 Å². The van der Waals surface area contributed by atoms with Crippen LogP contribution < -0.4 is 0 Å². The molecule has 0 unspecified atom stereocenters. The molecular weight excluding hydrogens is 724 g/mol.